The van der Waals surface area contributed by atoms with E-state index in [1.54, 1.807) is 0 Å². The third-order valence-electron chi connectivity index (χ3n) is 3.22. The third kappa shape index (κ3) is 2.32. The maximum atomic E-state index is 13.0. The van der Waals surface area contributed by atoms with Crippen LogP contribution in [0.4, 0.5) is 4.39 Å². The maximum Gasteiger partial charge on any atom is 0.255 e. The van der Waals surface area contributed by atoms with Gasteiger partial charge in [-0.1, -0.05) is 6.92 Å². The first-order valence-corrected chi connectivity index (χ1v) is 5.68. The van der Waals surface area contributed by atoms with Crippen molar-refractivity contribution < 1.29 is 14.0 Å². The Morgan fingerprint density at radius 1 is 1.44 bits per heavy atom. The van der Waals surface area contributed by atoms with Gasteiger partial charge < -0.3 is 10.6 Å². The molecule has 2 atom stereocenters. The number of primary amides is 1. The van der Waals surface area contributed by atoms with Crippen molar-refractivity contribution in [2.24, 2.45) is 17.6 Å². The average molecular weight is 251 g/mol. The van der Waals surface area contributed by atoms with E-state index in [-0.39, 0.29) is 29.9 Å². The largest absolute Gasteiger partial charge is 0.369 e. The van der Waals surface area contributed by atoms with Crippen LogP contribution >= 0.6 is 0 Å². The predicted octanol–water partition coefficient (Wildman–Crippen LogP) is 0.414. The number of aromatic nitrogens is 1. The Hall–Kier alpha value is -1.98. The van der Waals surface area contributed by atoms with Gasteiger partial charge in [0, 0.05) is 19.3 Å². The highest BCUT2D eigenvalue weighted by Crippen LogP contribution is 2.24. The first-order chi connectivity index (χ1) is 8.49. The van der Waals surface area contributed by atoms with Crippen molar-refractivity contribution in [3.05, 3.63) is 29.8 Å². The highest BCUT2D eigenvalue weighted by molar-refractivity contribution is 5.94. The molecular formula is C12H14FN3O2. The van der Waals surface area contributed by atoms with Crippen LogP contribution in [0, 0.1) is 17.7 Å². The monoisotopic (exact) mass is 251 g/mol. The van der Waals surface area contributed by atoms with Gasteiger partial charge in [-0.25, -0.2) is 4.39 Å². The molecule has 0 bridgehead atoms. The van der Waals surface area contributed by atoms with E-state index in [0.29, 0.717) is 6.54 Å². The lowest BCUT2D eigenvalue weighted by Crippen LogP contribution is -2.32. The van der Waals surface area contributed by atoms with Crippen LogP contribution in [-0.2, 0) is 4.79 Å². The van der Waals surface area contributed by atoms with Crippen molar-refractivity contribution in [2.75, 3.05) is 13.1 Å². The highest BCUT2D eigenvalue weighted by Gasteiger charge is 2.36. The summed E-state index contributed by atoms with van der Waals surface area (Å²) in [5, 5.41) is 0. The smallest absolute Gasteiger partial charge is 0.255 e. The van der Waals surface area contributed by atoms with Gasteiger partial charge in [-0.05, 0) is 12.0 Å². The standard InChI is InChI=1S/C12H14FN3O2/c1-7-5-16(6-10(7)11(14)17)12(18)8-2-9(13)4-15-3-8/h2-4,7,10H,5-6H2,1H3,(H2,14,17)/t7-,10-/m1/s1. The van der Waals surface area contributed by atoms with Gasteiger partial charge in [0.05, 0.1) is 17.7 Å². The molecule has 2 N–H and O–H groups in total. The summed E-state index contributed by atoms with van der Waals surface area (Å²) in [6.07, 6.45) is 2.35. The summed E-state index contributed by atoms with van der Waals surface area (Å²) in [7, 11) is 0. The van der Waals surface area contributed by atoms with E-state index in [1.165, 1.54) is 11.1 Å². The lowest BCUT2D eigenvalue weighted by Gasteiger charge is -2.15. The number of likely N-dealkylation sites (tertiary alicyclic amines) is 1. The second-order valence-corrected chi connectivity index (χ2v) is 4.59. The summed E-state index contributed by atoms with van der Waals surface area (Å²) < 4.78 is 13.0. The van der Waals surface area contributed by atoms with Crippen molar-refractivity contribution >= 4 is 11.8 Å². The molecule has 0 unspecified atom stereocenters. The van der Waals surface area contributed by atoms with Crippen LogP contribution in [0.15, 0.2) is 18.5 Å². The van der Waals surface area contributed by atoms with Crippen molar-refractivity contribution in [3.8, 4) is 0 Å². The Morgan fingerprint density at radius 2 is 2.17 bits per heavy atom. The molecule has 0 spiro atoms. The normalized spacial score (nSPS) is 23.1. The lowest BCUT2D eigenvalue weighted by atomic mass is 9.98. The lowest BCUT2D eigenvalue weighted by molar-refractivity contribution is -0.122. The Balaban J connectivity index is 2.14. The van der Waals surface area contributed by atoms with E-state index < -0.39 is 11.7 Å². The molecule has 0 radical (unpaired) electrons. The van der Waals surface area contributed by atoms with Crippen LogP contribution in [0.5, 0.6) is 0 Å². The van der Waals surface area contributed by atoms with E-state index in [9.17, 15) is 14.0 Å². The molecule has 0 aromatic carbocycles. The van der Waals surface area contributed by atoms with Gasteiger partial charge in [0.15, 0.2) is 0 Å². The molecule has 2 rings (SSSR count). The van der Waals surface area contributed by atoms with Gasteiger partial charge in [-0.2, -0.15) is 0 Å². The zero-order valence-electron chi connectivity index (χ0n) is 9.97. The van der Waals surface area contributed by atoms with Crippen molar-refractivity contribution in [1.29, 1.82) is 0 Å². The molecule has 1 aliphatic rings. The summed E-state index contributed by atoms with van der Waals surface area (Å²) in [5.74, 6) is -1.60. The van der Waals surface area contributed by atoms with Gasteiger partial charge >= 0.3 is 0 Å². The summed E-state index contributed by atoms with van der Waals surface area (Å²) in [6, 6.07) is 1.14. The van der Waals surface area contributed by atoms with Crippen LogP contribution in [0.1, 0.15) is 17.3 Å². The van der Waals surface area contributed by atoms with Gasteiger partial charge in [0.1, 0.15) is 5.82 Å². The number of nitrogens with two attached hydrogens (primary N) is 1. The highest BCUT2D eigenvalue weighted by atomic mass is 19.1. The number of carbonyl (C=O) groups is 2. The molecule has 2 amide bonds. The fourth-order valence-electron chi connectivity index (χ4n) is 2.21. The number of pyridine rings is 1. The minimum Gasteiger partial charge on any atom is -0.369 e. The summed E-state index contributed by atoms with van der Waals surface area (Å²) >= 11 is 0. The zero-order valence-corrected chi connectivity index (χ0v) is 9.97. The fraction of sp³-hybridized carbons (Fsp3) is 0.417. The molecule has 18 heavy (non-hydrogen) atoms. The molecule has 0 saturated carbocycles. The maximum absolute atomic E-state index is 13.0. The molecule has 1 aromatic rings. The predicted molar refractivity (Wildman–Crippen MR) is 61.9 cm³/mol. The number of rotatable bonds is 2. The number of hydrogen-bond donors (Lipinski definition) is 1. The summed E-state index contributed by atoms with van der Waals surface area (Å²) in [4.78, 5) is 28.4. The molecule has 5 nitrogen and oxygen atoms in total. The Labute approximate surface area is 104 Å². The molecule has 1 saturated heterocycles. The Morgan fingerprint density at radius 3 is 2.72 bits per heavy atom. The van der Waals surface area contributed by atoms with E-state index in [0.717, 1.165) is 12.3 Å². The van der Waals surface area contributed by atoms with Crippen LogP contribution in [0.3, 0.4) is 0 Å². The van der Waals surface area contributed by atoms with E-state index >= 15 is 0 Å². The third-order valence-corrected chi connectivity index (χ3v) is 3.22. The van der Waals surface area contributed by atoms with Crippen LogP contribution in [-0.4, -0.2) is 34.8 Å². The molecule has 1 fully saturated rings. The van der Waals surface area contributed by atoms with Gasteiger partial charge in [0.25, 0.3) is 5.91 Å². The van der Waals surface area contributed by atoms with E-state index in [4.69, 9.17) is 5.73 Å². The minimum atomic E-state index is -0.556. The Bertz CT molecular complexity index is 492. The van der Waals surface area contributed by atoms with Crippen LogP contribution in [0.25, 0.3) is 0 Å². The van der Waals surface area contributed by atoms with Crippen molar-refractivity contribution in [1.82, 2.24) is 9.88 Å². The number of amides is 2. The number of halogens is 1. The second-order valence-electron chi connectivity index (χ2n) is 4.59. The molecular weight excluding hydrogens is 237 g/mol. The summed E-state index contributed by atoms with van der Waals surface area (Å²) in [6.45, 7) is 2.60. The van der Waals surface area contributed by atoms with Gasteiger partial charge in [-0.15, -0.1) is 0 Å². The van der Waals surface area contributed by atoms with E-state index in [2.05, 4.69) is 4.98 Å². The van der Waals surface area contributed by atoms with Crippen LogP contribution < -0.4 is 5.73 Å². The molecule has 1 aromatic heterocycles. The average Bonchev–Trinajstić information content (AvgIpc) is 2.70. The topological polar surface area (TPSA) is 76.3 Å². The van der Waals surface area contributed by atoms with Crippen molar-refractivity contribution in [3.63, 3.8) is 0 Å². The zero-order chi connectivity index (χ0) is 13.3. The second kappa shape index (κ2) is 4.72. The molecule has 6 heteroatoms. The molecule has 1 aliphatic heterocycles. The molecule has 2 heterocycles. The quantitative estimate of drug-likeness (QED) is 0.827. The SMILES string of the molecule is C[C@@H]1CN(C(=O)c2cncc(F)c2)C[C@H]1C(N)=O. The molecule has 96 valence electrons. The fourth-order valence-corrected chi connectivity index (χ4v) is 2.21. The number of hydrogen-bond acceptors (Lipinski definition) is 3. The number of nitrogens with zero attached hydrogens (tertiary/aromatic N) is 2. The van der Waals surface area contributed by atoms with Gasteiger partial charge in [0.2, 0.25) is 5.91 Å². The first-order valence-electron chi connectivity index (χ1n) is 5.68. The minimum absolute atomic E-state index is 0.0213. The molecule has 0 aliphatic carbocycles. The first kappa shape index (κ1) is 12.5. The van der Waals surface area contributed by atoms with Crippen LogP contribution in [0.2, 0.25) is 0 Å². The van der Waals surface area contributed by atoms with Crippen molar-refractivity contribution in [2.45, 2.75) is 6.92 Å². The van der Waals surface area contributed by atoms with E-state index in [1.807, 2.05) is 6.92 Å². The summed E-state index contributed by atoms with van der Waals surface area (Å²) in [5.41, 5.74) is 5.45. The Kier molecular flexibility index (Phi) is 3.27. The number of carbonyl (C=O) groups excluding carboxylic acids is 2. The van der Waals surface area contributed by atoms with Gasteiger partial charge in [-0.3, -0.25) is 14.6 Å².